The maximum Gasteiger partial charge on any atom is 0.269 e. The topological polar surface area (TPSA) is 92.8 Å². The van der Waals surface area contributed by atoms with E-state index in [1.807, 2.05) is 24.3 Å². The molecule has 2 aromatic carbocycles. The van der Waals surface area contributed by atoms with Crippen molar-refractivity contribution in [1.82, 2.24) is 9.62 Å². The number of hydrogen-bond acceptors (Lipinski definition) is 5. The van der Waals surface area contributed by atoms with Gasteiger partial charge >= 0.3 is 0 Å². The first-order valence-corrected chi connectivity index (χ1v) is 9.93. The van der Waals surface area contributed by atoms with E-state index in [0.717, 1.165) is 15.6 Å². The third-order valence-electron chi connectivity index (χ3n) is 4.35. The molecule has 0 bridgehead atoms. The zero-order valence-electron chi connectivity index (χ0n) is 14.8. The van der Waals surface area contributed by atoms with Crippen LogP contribution in [0.3, 0.4) is 0 Å². The molecule has 1 aliphatic rings. The molecule has 1 heterocycles. The molecule has 8 heteroatoms. The molecule has 2 amide bonds. The number of methoxy groups -OCH3 is 1. The molecule has 0 fully saturated rings. The molecule has 0 spiro atoms. The van der Waals surface area contributed by atoms with Crippen LogP contribution < -0.4 is 10.1 Å². The number of nitrogens with zero attached hydrogens (tertiary/aromatic N) is 1. The van der Waals surface area contributed by atoms with E-state index in [9.17, 15) is 18.0 Å². The van der Waals surface area contributed by atoms with Gasteiger partial charge in [0.1, 0.15) is 10.6 Å². The van der Waals surface area contributed by atoms with E-state index in [0.29, 0.717) is 13.0 Å². The van der Waals surface area contributed by atoms with E-state index >= 15 is 0 Å². The number of carbonyl (C=O) groups is 2. The van der Waals surface area contributed by atoms with Gasteiger partial charge in [0.2, 0.25) is 5.91 Å². The van der Waals surface area contributed by atoms with Gasteiger partial charge in [0.15, 0.2) is 0 Å². The van der Waals surface area contributed by atoms with Gasteiger partial charge < -0.3 is 10.1 Å². The van der Waals surface area contributed by atoms with Crippen molar-refractivity contribution in [2.24, 2.45) is 0 Å². The maximum absolute atomic E-state index is 12.4. The average Bonchev–Trinajstić information content (AvgIpc) is 2.87. The molecule has 0 unspecified atom stereocenters. The predicted molar refractivity (Wildman–Crippen MR) is 99.0 cm³/mol. The second kappa shape index (κ2) is 7.79. The molecule has 1 aliphatic heterocycles. The molecule has 0 saturated heterocycles. The molecular weight excluding hydrogens is 368 g/mol. The van der Waals surface area contributed by atoms with E-state index in [4.69, 9.17) is 4.74 Å². The van der Waals surface area contributed by atoms with Crippen molar-refractivity contribution >= 4 is 21.8 Å². The highest BCUT2D eigenvalue weighted by atomic mass is 32.2. The first kappa shape index (κ1) is 18.9. The Hall–Kier alpha value is -2.87. The summed E-state index contributed by atoms with van der Waals surface area (Å²) < 4.78 is 30.7. The van der Waals surface area contributed by atoms with Crippen LogP contribution in [0.2, 0.25) is 0 Å². The largest absolute Gasteiger partial charge is 0.497 e. The van der Waals surface area contributed by atoms with Crippen LogP contribution >= 0.6 is 0 Å². The molecule has 0 atom stereocenters. The van der Waals surface area contributed by atoms with Crippen molar-refractivity contribution in [2.75, 3.05) is 20.2 Å². The highest BCUT2D eigenvalue weighted by molar-refractivity contribution is 7.90. The number of ether oxygens (including phenoxy) is 1. The van der Waals surface area contributed by atoms with Gasteiger partial charge in [-0.2, -0.15) is 0 Å². The van der Waals surface area contributed by atoms with Gasteiger partial charge in [0, 0.05) is 19.5 Å². The van der Waals surface area contributed by atoms with E-state index < -0.39 is 15.9 Å². The first-order valence-electron chi connectivity index (χ1n) is 8.49. The van der Waals surface area contributed by atoms with Gasteiger partial charge in [-0.15, -0.1) is 0 Å². The minimum Gasteiger partial charge on any atom is -0.497 e. The van der Waals surface area contributed by atoms with Crippen LogP contribution in [0.5, 0.6) is 5.75 Å². The summed E-state index contributed by atoms with van der Waals surface area (Å²) >= 11 is 0. The normalized spacial score (nSPS) is 14.7. The second-order valence-electron chi connectivity index (χ2n) is 6.08. The van der Waals surface area contributed by atoms with E-state index in [1.54, 1.807) is 19.2 Å². The molecule has 0 saturated carbocycles. The summed E-state index contributed by atoms with van der Waals surface area (Å²) in [5.74, 6) is -0.126. The lowest BCUT2D eigenvalue weighted by Crippen LogP contribution is -2.35. The quantitative estimate of drug-likeness (QED) is 0.778. The molecule has 0 aromatic heterocycles. The third-order valence-corrected chi connectivity index (χ3v) is 6.19. The number of fused-ring (bicyclic) bond motifs is 1. The zero-order chi connectivity index (χ0) is 19.4. The molecule has 3 rings (SSSR count). The minimum atomic E-state index is -3.87. The fourth-order valence-corrected chi connectivity index (χ4v) is 4.45. The standard InChI is InChI=1S/C19H20N2O5S/c1-26-15-8-6-14(7-9-15)10-12-20-18(22)11-13-21-19(23)16-4-2-3-5-17(16)27(21,24)25/h2-9H,10-13H2,1H3,(H,20,22). The van der Waals surface area contributed by atoms with Gasteiger partial charge in [-0.05, 0) is 36.2 Å². The summed E-state index contributed by atoms with van der Waals surface area (Å²) in [5, 5.41) is 2.74. The molecule has 0 aliphatic carbocycles. The predicted octanol–water partition coefficient (Wildman–Crippen LogP) is 1.59. The van der Waals surface area contributed by atoms with Crippen molar-refractivity contribution in [3.63, 3.8) is 0 Å². The van der Waals surface area contributed by atoms with Crippen LogP contribution in [-0.2, 0) is 21.2 Å². The average molecular weight is 388 g/mol. The number of amides is 2. The van der Waals surface area contributed by atoms with Gasteiger partial charge in [-0.25, -0.2) is 12.7 Å². The Morgan fingerprint density at radius 3 is 2.48 bits per heavy atom. The van der Waals surface area contributed by atoms with Crippen molar-refractivity contribution in [3.8, 4) is 5.75 Å². The Kier molecular flexibility index (Phi) is 5.46. The summed E-state index contributed by atoms with van der Waals surface area (Å²) in [6.07, 6.45) is 0.559. The van der Waals surface area contributed by atoms with Crippen molar-refractivity contribution in [1.29, 1.82) is 0 Å². The fourth-order valence-electron chi connectivity index (χ4n) is 2.88. The fraction of sp³-hybridized carbons (Fsp3) is 0.263. The van der Waals surface area contributed by atoms with E-state index in [-0.39, 0.29) is 29.3 Å². The minimum absolute atomic E-state index is 0.00471. The molecule has 1 N–H and O–H groups in total. The van der Waals surface area contributed by atoms with Crippen LogP contribution in [0.4, 0.5) is 0 Å². The highest BCUT2D eigenvalue weighted by Crippen LogP contribution is 2.29. The molecule has 27 heavy (non-hydrogen) atoms. The van der Waals surface area contributed by atoms with Gasteiger partial charge in [-0.1, -0.05) is 24.3 Å². The summed E-state index contributed by atoms with van der Waals surface area (Å²) in [4.78, 5) is 24.3. The zero-order valence-corrected chi connectivity index (χ0v) is 15.7. The number of carbonyl (C=O) groups excluding carboxylic acids is 2. The monoisotopic (exact) mass is 388 g/mol. The molecule has 142 valence electrons. The Bertz CT molecular complexity index is 954. The van der Waals surface area contributed by atoms with Crippen LogP contribution in [-0.4, -0.2) is 44.7 Å². The van der Waals surface area contributed by atoms with E-state index in [2.05, 4.69) is 5.32 Å². The summed E-state index contributed by atoms with van der Waals surface area (Å²) in [5.41, 5.74) is 1.20. The summed E-state index contributed by atoms with van der Waals surface area (Å²) in [6, 6.07) is 13.6. The first-order chi connectivity index (χ1) is 12.9. The number of hydrogen-bond donors (Lipinski definition) is 1. The molecular formula is C19H20N2O5S. The number of benzene rings is 2. The van der Waals surface area contributed by atoms with Crippen molar-refractivity contribution in [2.45, 2.75) is 17.7 Å². The Morgan fingerprint density at radius 1 is 1.11 bits per heavy atom. The van der Waals surface area contributed by atoms with Gasteiger partial charge in [-0.3, -0.25) is 9.59 Å². The lowest BCUT2D eigenvalue weighted by atomic mass is 10.1. The SMILES string of the molecule is COc1ccc(CCNC(=O)CCN2C(=O)c3ccccc3S2(=O)=O)cc1. The molecule has 7 nitrogen and oxygen atoms in total. The maximum atomic E-state index is 12.4. The lowest BCUT2D eigenvalue weighted by molar-refractivity contribution is -0.121. The summed E-state index contributed by atoms with van der Waals surface area (Å²) in [6.45, 7) is 0.246. The van der Waals surface area contributed by atoms with Crippen LogP contribution in [0.1, 0.15) is 22.3 Å². The summed E-state index contributed by atoms with van der Waals surface area (Å²) in [7, 11) is -2.27. The highest BCUT2D eigenvalue weighted by Gasteiger charge is 2.40. The van der Waals surface area contributed by atoms with Crippen LogP contribution in [0, 0.1) is 0 Å². The van der Waals surface area contributed by atoms with Crippen molar-refractivity contribution in [3.05, 3.63) is 59.7 Å². The Balaban J connectivity index is 1.50. The smallest absolute Gasteiger partial charge is 0.269 e. The Labute approximate surface area is 158 Å². The Morgan fingerprint density at radius 2 is 1.81 bits per heavy atom. The second-order valence-corrected chi connectivity index (χ2v) is 7.91. The number of sulfonamides is 1. The van der Waals surface area contributed by atoms with E-state index in [1.165, 1.54) is 12.1 Å². The lowest BCUT2D eigenvalue weighted by Gasteiger charge is -2.14. The number of nitrogens with one attached hydrogen (secondary N) is 1. The van der Waals surface area contributed by atoms with Crippen molar-refractivity contribution < 1.29 is 22.7 Å². The number of rotatable bonds is 7. The third kappa shape index (κ3) is 3.95. The van der Waals surface area contributed by atoms with Crippen LogP contribution in [0.25, 0.3) is 0 Å². The molecule has 0 radical (unpaired) electrons. The van der Waals surface area contributed by atoms with Gasteiger partial charge in [0.05, 0.1) is 12.7 Å². The van der Waals surface area contributed by atoms with Gasteiger partial charge in [0.25, 0.3) is 15.9 Å². The van der Waals surface area contributed by atoms with Crippen LogP contribution in [0.15, 0.2) is 53.4 Å². The molecule has 2 aromatic rings.